The number of nitro groups is 1. The molecule has 28 heavy (non-hydrogen) atoms. The summed E-state index contributed by atoms with van der Waals surface area (Å²) in [5.41, 5.74) is 3.24. The molecule has 5 aromatic rings. The van der Waals surface area contributed by atoms with E-state index in [0.29, 0.717) is 11.3 Å². The van der Waals surface area contributed by atoms with Crippen LogP contribution in [0.3, 0.4) is 0 Å². The molecule has 7 heteroatoms. The molecule has 3 aromatic carbocycles. The number of non-ortho nitro benzene ring substituents is 1. The first kappa shape index (κ1) is 16.2. The van der Waals surface area contributed by atoms with Gasteiger partial charge in [0.15, 0.2) is 0 Å². The Labute approximate surface area is 158 Å². The first-order chi connectivity index (χ1) is 13.6. The zero-order chi connectivity index (χ0) is 19.4. The SMILES string of the molecule is COc1ccc([N+](=O)[O-])cc1-c1cc2[nH]c3ccc(O)cc3c2c2c[nH]cc12. The Hall–Kier alpha value is -4.00. The minimum absolute atomic E-state index is 0.00107. The van der Waals surface area contributed by atoms with E-state index in [1.165, 1.54) is 12.1 Å². The van der Waals surface area contributed by atoms with Crippen LogP contribution in [-0.2, 0) is 0 Å². The van der Waals surface area contributed by atoms with Crippen molar-refractivity contribution in [3.05, 3.63) is 65.0 Å². The fourth-order valence-corrected chi connectivity index (χ4v) is 3.86. The van der Waals surface area contributed by atoms with Crippen LogP contribution in [0.1, 0.15) is 0 Å². The second-order valence-corrected chi connectivity index (χ2v) is 6.63. The summed E-state index contributed by atoms with van der Waals surface area (Å²) in [5.74, 6) is 0.753. The highest BCUT2D eigenvalue weighted by Gasteiger charge is 2.19. The van der Waals surface area contributed by atoms with Gasteiger partial charge in [-0.05, 0) is 35.9 Å². The first-order valence-corrected chi connectivity index (χ1v) is 8.63. The topological polar surface area (TPSA) is 104 Å². The first-order valence-electron chi connectivity index (χ1n) is 8.63. The van der Waals surface area contributed by atoms with Gasteiger partial charge < -0.3 is 19.8 Å². The number of H-pyrrole nitrogens is 2. The van der Waals surface area contributed by atoms with Gasteiger partial charge in [0.05, 0.1) is 12.0 Å². The normalized spacial score (nSPS) is 11.5. The van der Waals surface area contributed by atoms with Gasteiger partial charge in [-0.2, -0.15) is 0 Å². The van der Waals surface area contributed by atoms with Gasteiger partial charge >= 0.3 is 0 Å². The lowest BCUT2D eigenvalue weighted by atomic mass is 9.96. The maximum absolute atomic E-state index is 11.3. The predicted molar refractivity (Wildman–Crippen MR) is 108 cm³/mol. The number of fused-ring (bicyclic) bond motifs is 5. The van der Waals surface area contributed by atoms with Gasteiger partial charge in [-0.15, -0.1) is 0 Å². The third-order valence-electron chi connectivity index (χ3n) is 5.09. The Kier molecular flexibility index (Phi) is 3.33. The van der Waals surface area contributed by atoms with E-state index in [-0.39, 0.29) is 11.4 Å². The standard InChI is InChI=1S/C21H15N3O4/c1-28-20-5-2-11(24(26)27)6-14(20)13-8-19-21(17-10-22-9-16(13)17)15-7-12(25)3-4-18(15)23-19/h2-10,22-23,25H,1H3. The average Bonchev–Trinajstić information content (AvgIpc) is 3.30. The molecule has 0 aliphatic carbocycles. The number of hydrogen-bond acceptors (Lipinski definition) is 4. The number of nitrogens with zero attached hydrogens (tertiary/aromatic N) is 1. The van der Waals surface area contributed by atoms with Crippen LogP contribution in [0.15, 0.2) is 54.9 Å². The summed E-state index contributed by atoms with van der Waals surface area (Å²) in [7, 11) is 1.54. The smallest absolute Gasteiger partial charge is 0.270 e. The Balaban J connectivity index is 1.91. The number of aromatic amines is 2. The molecule has 5 rings (SSSR count). The zero-order valence-corrected chi connectivity index (χ0v) is 14.8. The second kappa shape index (κ2) is 5.75. The van der Waals surface area contributed by atoms with Crippen LogP contribution >= 0.6 is 0 Å². The highest BCUT2D eigenvalue weighted by molar-refractivity contribution is 6.23. The number of aromatic nitrogens is 2. The summed E-state index contributed by atoms with van der Waals surface area (Å²) >= 11 is 0. The van der Waals surface area contributed by atoms with Gasteiger partial charge in [-0.25, -0.2) is 0 Å². The second-order valence-electron chi connectivity index (χ2n) is 6.63. The summed E-state index contributed by atoms with van der Waals surface area (Å²) in [6.45, 7) is 0. The maximum Gasteiger partial charge on any atom is 0.270 e. The minimum atomic E-state index is -0.415. The maximum atomic E-state index is 11.3. The van der Waals surface area contributed by atoms with Crippen molar-refractivity contribution < 1.29 is 14.8 Å². The van der Waals surface area contributed by atoms with Crippen LogP contribution in [-0.4, -0.2) is 27.1 Å². The summed E-state index contributed by atoms with van der Waals surface area (Å²) in [5, 5.41) is 25.0. The Bertz CT molecular complexity index is 1400. The lowest BCUT2D eigenvalue weighted by Gasteiger charge is -2.10. The number of hydrogen-bond donors (Lipinski definition) is 3. The van der Waals surface area contributed by atoms with Crippen molar-refractivity contribution in [3.63, 3.8) is 0 Å². The van der Waals surface area contributed by atoms with Gasteiger partial charge in [-0.3, -0.25) is 10.1 Å². The van der Waals surface area contributed by atoms with Crippen molar-refractivity contribution in [1.82, 2.24) is 9.97 Å². The number of nitro benzene ring substituents is 1. The molecule has 0 radical (unpaired) electrons. The fourth-order valence-electron chi connectivity index (χ4n) is 3.86. The van der Waals surface area contributed by atoms with E-state index in [9.17, 15) is 15.2 Å². The largest absolute Gasteiger partial charge is 0.508 e. The Morgan fingerprint density at radius 3 is 2.57 bits per heavy atom. The third kappa shape index (κ3) is 2.23. The molecule has 0 atom stereocenters. The number of ether oxygens (including phenoxy) is 1. The molecular weight excluding hydrogens is 358 g/mol. The molecule has 3 N–H and O–H groups in total. The van der Waals surface area contributed by atoms with Crippen molar-refractivity contribution in [2.24, 2.45) is 0 Å². The third-order valence-corrected chi connectivity index (χ3v) is 5.09. The molecule has 138 valence electrons. The molecule has 0 aliphatic rings. The van der Waals surface area contributed by atoms with E-state index in [0.717, 1.165) is 38.1 Å². The van der Waals surface area contributed by atoms with Crippen molar-refractivity contribution in [2.75, 3.05) is 7.11 Å². The van der Waals surface area contributed by atoms with E-state index in [2.05, 4.69) is 9.97 Å². The van der Waals surface area contributed by atoms with Crippen molar-refractivity contribution in [2.45, 2.75) is 0 Å². The van der Waals surface area contributed by atoms with Crippen molar-refractivity contribution >= 4 is 38.3 Å². The van der Waals surface area contributed by atoms with Crippen LogP contribution < -0.4 is 4.74 Å². The lowest BCUT2D eigenvalue weighted by Crippen LogP contribution is -1.93. The van der Waals surface area contributed by atoms with Gasteiger partial charge in [0.1, 0.15) is 11.5 Å². The van der Waals surface area contributed by atoms with Gasteiger partial charge in [0.2, 0.25) is 0 Å². The Morgan fingerprint density at radius 2 is 1.79 bits per heavy atom. The summed E-state index contributed by atoms with van der Waals surface area (Å²) in [6.07, 6.45) is 3.76. The van der Waals surface area contributed by atoms with E-state index < -0.39 is 4.92 Å². The summed E-state index contributed by atoms with van der Waals surface area (Å²) in [6, 6.07) is 11.7. The molecule has 0 bridgehead atoms. The molecule has 0 spiro atoms. The minimum Gasteiger partial charge on any atom is -0.508 e. The molecule has 0 saturated heterocycles. The van der Waals surface area contributed by atoms with Gasteiger partial charge in [0, 0.05) is 62.7 Å². The number of rotatable bonds is 3. The number of phenols is 1. The van der Waals surface area contributed by atoms with Crippen molar-refractivity contribution in [3.8, 4) is 22.6 Å². The highest BCUT2D eigenvalue weighted by Crippen LogP contribution is 2.42. The van der Waals surface area contributed by atoms with Gasteiger partial charge in [-0.1, -0.05) is 0 Å². The summed E-state index contributed by atoms with van der Waals surface area (Å²) < 4.78 is 5.47. The Morgan fingerprint density at radius 1 is 0.964 bits per heavy atom. The van der Waals surface area contributed by atoms with E-state index in [1.54, 1.807) is 25.3 Å². The van der Waals surface area contributed by atoms with E-state index in [1.807, 2.05) is 24.5 Å². The summed E-state index contributed by atoms with van der Waals surface area (Å²) in [4.78, 5) is 17.4. The van der Waals surface area contributed by atoms with E-state index in [4.69, 9.17) is 4.74 Å². The quantitative estimate of drug-likeness (QED) is 0.302. The zero-order valence-electron chi connectivity index (χ0n) is 14.8. The van der Waals surface area contributed by atoms with Gasteiger partial charge in [0.25, 0.3) is 5.69 Å². The molecule has 0 saturated carbocycles. The molecule has 0 fully saturated rings. The molecule has 0 unspecified atom stereocenters. The molecule has 0 amide bonds. The van der Waals surface area contributed by atoms with Crippen LogP contribution in [0, 0.1) is 10.1 Å². The van der Waals surface area contributed by atoms with Crippen LogP contribution in [0.4, 0.5) is 5.69 Å². The highest BCUT2D eigenvalue weighted by atomic mass is 16.6. The number of methoxy groups -OCH3 is 1. The predicted octanol–water partition coefficient (Wildman–Crippen LogP) is 5.09. The monoisotopic (exact) mass is 373 g/mol. The van der Waals surface area contributed by atoms with Crippen LogP contribution in [0.5, 0.6) is 11.5 Å². The van der Waals surface area contributed by atoms with Crippen LogP contribution in [0.2, 0.25) is 0 Å². The van der Waals surface area contributed by atoms with E-state index >= 15 is 0 Å². The van der Waals surface area contributed by atoms with Crippen molar-refractivity contribution in [1.29, 1.82) is 0 Å². The molecule has 2 heterocycles. The molecule has 7 nitrogen and oxygen atoms in total. The number of phenolic OH excluding ortho intramolecular Hbond substituents is 1. The lowest BCUT2D eigenvalue weighted by molar-refractivity contribution is -0.384. The average molecular weight is 373 g/mol. The number of nitrogens with one attached hydrogen (secondary N) is 2. The molecular formula is C21H15N3O4. The number of benzene rings is 3. The molecule has 2 aromatic heterocycles. The number of aromatic hydroxyl groups is 1. The van der Waals surface area contributed by atoms with Crippen LogP contribution in [0.25, 0.3) is 43.7 Å². The molecule has 0 aliphatic heterocycles. The fraction of sp³-hybridized carbons (Fsp3) is 0.0476.